The maximum atomic E-state index is 12.9. The molecule has 2 unspecified atom stereocenters. The van der Waals surface area contributed by atoms with Gasteiger partial charge in [-0.1, -0.05) is 56.3 Å². The lowest BCUT2D eigenvalue weighted by Gasteiger charge is -2.44. The number of carbonyl (C=O) groups excluding carboxylic acids is 1. The maximum Gasteiger partial charge on any atom is 0.411 e. The summed E-state index contributed by atoms with van der Waals surface area (Å²) in [4.78, 5) is 14.7. The Morgan fingerprint density at radius 1 is 1.06 bits per heavy atom. The van der Waals surface area contributed by atoms with E-state index in [1.807, 2.05) is 25.7 Å². The summed E-state index contributed by atoms with van der Waals surface area (Å²) in [6.07, 6.45) is 2.74. The predicted octanol–water partition coefficient (Wildman–Crippen LogP) is 5.78. The second kappa shape index (κ2) is 6.96. The normalized spacial score (nSPS) is 23.6. The summed E-state index contributed by atoms with van der Waals surface area (Å²) in [6, 6.07) is 15.5. The average molecular weight is 418 g/mol. The van der Waals surface area contributed by atoms with E-state index in [0.29, 0.717) is 13.2 Å². The van der Waals surface area contributed by atoms with E-state index < -0.39 is 5.60 Å². The molecular weight excluding hydrogens is 386 g/mol. The summed E-state index contributed by atoms with van der Waals surface area (Å²) < 4.78 is 11.5. The zero-order chi connectivity index (χ0) is 22.0. The molecule has 5 rings (SSSR count). The average Bonchev–Trinajstić information content (AvgIpc) is 2.93. The van der Waals surface area contributed by atoms with Gasteiger partial charge in [0.2, 0.25) is 0 Å². The minimum Gasteiger partial charge on any atom is -0.444 e. The lowest BCUT2D eigenvalue weighted by molar-refractivity contribution is -0.0510. The van der Waals surface area contributed by atoms with Crippen LogP contribution in [0.25, 0.3) is 16.7 Å². The highest BCUT2D eigenvalue weighted by atomic mass is 16.6. The molecule has 0 spiro atoms. The van der Waals surface area contributed by atoms with Crippen LogP contribution < -0.4 is 0 Å². The van der Waals surface area contributed by atoms with Crippen molar-refractivity contribution in [3.8, 4) is 11.1 Å². The summed E-state index contributed by atoms with van der Waals surface area (Å²) >= 11 is 0. The van der Waals surface area contributed by atoms with Crippen molar-refractivity contribution in [3.05, 3.63) is 65.2 Å². The molecule has 3 aliphatic rings. The minimum absolute atomic E-state index is 0.00654. The zero-order valence-electron chi connectivity index (χ0n) is 19.1. The maximum absolute atomic E-state index is 12.9. The topological polar surface area (TPSA) is 38.8 Å². The van der Waals surface area contributed by atoms with Gasteiger partial charge >= 0.3 is 6.09 Å². The standard InChI is InChI=1S/C27H31NO3/c1-26(2,3)31-25(29)28-19-12-18(13-20(28)16-30-15-19)17-10-11-22-21-8-6-7-9-23(21)27(4,5)24(22)14-17/h6-12,14,19-20H,13,15-16H2,1-5H3. The smallest absolute Gasteiger partial charge is 0.411 e. The van der Waals surface area contributed by atoms with E-state index in [-0.39, 0.29) is 23.6 Å². The number of ether oxygens (including phenoxy) is 2. The van der Waals surface area contributed by atoms with Gasteiger partial charge in [-0.15, -0.1) is 0 Å². The van der Waals surface area contributed by atoms with Gasteiger partial charge in [-0.05, 0) is 66.6 Å². The number of amides is 1. The summed E-state index contributed by atoms with van der Waals surface area (Å²) in [5.41, 5.74) is 7.47. The van der Waals surface area contributed by atoms with Crippen LogP contribution in [0.5, 0.6) is 0 Å². The zero-order valence-corrected chi connectivity index (χ0v) is 19.1. The van der Waals surface area contributed by atoms with Crippen LogP contribution in [0.2, 0.25) is 0 Å². The minimum atomic E-state index is -0.503. The van der Waals surface area contributed by atoms with Crippen molar-refractivity contribution in [1.82, 2.24) is 4.90 Å². The number of benzene rings is 2. The molecule has 0 aromatic heterocycles. The Kier molecular flexibility index (Phi) is 4.56. The molecule has 1 amide bonds. The van der Waals surface area contributed by atoms with Crippen LogP contribution in [0.15, 0.2) is 48.5 Å². The summed E-state index contributed by atoms with van der Waals surface area (Å²) in [5, 5.41) is 0. The number of hydrogen-bond donors (Lipinski definition) is 0. The summed E-state index contributed by atoms with van der Waals surface area (Å²) in [5.74, 6) is 0. The van der Waals surface area contributed by atoms with Crippen LogP contribution in [0.3, 0.4) is 0 Å². The molecule has 2 aliphatic heterocycles. The van der Waals surface area contributed by atoms with Gasteiger partial charge in [0.25, 0.3) is 0 Å². The first-order valence-corrected chi connectivity index (χ1v) is 11.2. The molecule has 0 saturated carbocycles. The molecular formula is C27H31NO3. The van der Waals surface area contributed by atoms with Crippen LogP contribution >= 0.6 is 0 Å². The molecule has 4 heteroatoms. The quantitative estimate of drug-likeness (QED) is 0.590. The highest BCUT2D eigenvalue weighted by molar-refractivity contribution is 5.83. The van der Waals surface area contributed by atoms with E-state index in [2.05, 4.69) is 62.4 Å². The first-order valence-electron chi connectivity index (χ1n) is 11.2. The third kappa shape index (κ3) is 3.38. The van der Waals surface area contributed by atoms with Gasteiger partial charge in [0.15, 0.2) is 0 Å². The molecule has 1 aliphatic carbocycles. The van der Waals surface area contributed by atoms with E-state index in [0.717, 1.165) is 6.42 Å². The van der Waals surface area contributed by atoms with Gasteiger partial charge < -0.3 is 9.47 Å². The molecule has 2 heterocycles. The molecule has 4 nitrogen and oxygen atoms in total. The molecule has 0 radical (unpaired) electrons. The van der Waals surface area contributed by atoms with Gasteiger partial charge in [-0.3, -0.25) is 4.90 Å². The van der Waals surface area contributed by atoms with E-state index in [1.165, 1.54) is 33.4 Å². The van der Waals surface area contributed by atoms with Crippen molar-refractivity contribution in [2.75, 3.05) is 13.2 Å². The first-order chi connectivity index (χ1) is 14.6. The molecule has 1 fully saturated rings. The highest BCUT2D eigenvalue weighted by Crippen LogP contribution is 2.49. The van der Waals surface area contributed by atoms with E-state index in [9.17, 15) is 4.79 Å². The molecule has 31 heavy (non-hydrogen) atoms. The molecule has 2 aromatic carbocycles. The van der Waals surface area contributed by atoms with Crippen LogP contribution in [0.4, 0.5) is 4.79 Å². The van der Waals surface area contributed by atoms with Gasteiger partial charge in [0.1, 0.15) is 5.60 Å². The fraction of sp³-hybridized carbons (Fsp3) is 0.444. The Bertz CT molecular complexity index is 1080. The largest absolute Gasteiger partial charge is 0.444 e. The van der Waals surface area contributed by atoms with Crippen molar-refractivity contribution in [1.29, 1.82) is 0 Å². The Hall–Kier alpha value is -2.59. The van der Waals surface area contributed by atoms with Gasteiger partial charge in [0, 0.05) is 5.41 Å². The third-order valence-electron chi connectivity index (χ3n) is 6.76. The number of carbonyl (C=O) groups is 1. The Balaban J connectivity index is 1.49. The highest BCUT2D eigenvalue weighted by Gasteiger charge is 2.41. The molecule has 2 aromatic rings. The number of rotatable bonds is 1. The van der Waals surface area contributed by atoms with Crippen LogP contribution in [-0.4, -0.2) is 41.9 Å². The first kappa shape index (κ1) is 20.3. The Morgan fingerprint density at radius 2 is 1.81 bits per heavy atom. The van der Waals surface area contributed by atoms with Crippen molar-refractivity contribution in [3.63, 3.8) is 0 Å². The molecule has 2 bridgehead atoms. The predicted molar refractivity (Wildman–Crippen MR) is 123 cm³/mol. The second-order valence-electron chi connectivity index (χ2n) is 10.5. The van der Waals surface area contributed by atoms with Crippen LogP contribution in [0, 0.1) is 0 Å². The van der Waals surface area contributed by atoms with Crippen LogP contribution in [0.1, 0.15) is 57.7 Å². The lowest BCUT2D eigenvalue weighted by Crippen LogP contribution is -2.57. The Morgan fingerprint density at radius 3 is 2.55 bits per heavy atom. The molecule has 1 saturated heterocycles. The second-order valence-corrected chi connectivity index (χ2v) is 10.5. The van der Waals surface area contributed by atoms with Crippen molar-refractivity contribution in [2.45, 2.75) is 64.1 Å². The molecule has 0 N–H and O–H groups in total. The van der Waals surface area contributed by atoms with Gasteiger partial charge in [-0.25, -0.2) is 4.79 Å². The number of morpholine rings is 1. The fourth-order valence-corrected chi connectivity index (χ4v) is 5.31. The number of fused-ring (bicyclic) bond motifs is 5. The van der Waals surface area contributed by atoms with E-state index in [1.54, 1.807) is 0 Å². The summed E-state index contributed by atoms with van der Waals surface area (Å²) in [7, 11) is 0. The number of nitrogens with zero attached hydrogens (tertiary/aromatic N) is 1. The monoisotopic (exact) mass is 417 g/mol. The van der Waals surface area contributed by atoms with Gasteiger partial charge in [0.05, 0.1) is 25.3 Å². The van der Waals surface area contributed by atoms with E-state index >= 15 is 0 Å². The Labute approximate surface area is 184 Å². The lowest BCUT2D eigenvalue weighted by atomic mass is 9.81. The van der Waals surface area contributed by atoms with E-state index in [4.69, 9.17) is 9.47 Å². The van der Waals surface area contributed by atoms with Gasteiger partial charge in [-0.2, -0.15) is 0 Å². The molecule has 2 atom stereocenters. The SMILES string of the molecule is CC(C)(C)OC(=O)N1C2C=C(c3ccc4c(c3)C(C)(C)c3ccccc3-4)CC1COC2. The van der Waals surface area contributed by atoms with Crippen LogP contribution in [-0.2, 0) is 14.9 Å². The summed E-state index contributed by atoms with van der Waals surface area (Å²) in [6.45, 7) is 11.4. The fourth-order valence-electron chi connectivity index (χ4n) is 5.31. The molecule has 162 valence electrons. The number of hydrogen-bond acceptors (Lipinski definition) is 3. The van der Waals surface area contributed by atoms with Crippen molar-refractivity contribution in [2.24, 2.45) is 0 Å². The third-order valence-corrected chi connectivity index (χ3v) is 6.76. The van der Waals surface area contributed by atoms with Crippen molar-refractivity contribution < 1.29 is 14.3 Å². The van der Waals surface area contributed by atoms with Crippen molar-refractivity contribution >= 4 is 11.7 Å².